The summed E-state index contributed by atoms with van der Waals surface area (Å²) in [7, 11) is 0. The van der Waals surface area contributed by atoms with Crippen LogP contribution in [0.5, 0.6) is 0 Å². The molecule has 1 aromatic heterocycles. The number of fused-ring (bicyclic) bond motifs is 9. The van der Waals surface area contributed by atoms with E-state index < -0.39 is 0 Å². The van der Waals surface area contributed by atoms with Gasteiger partial charge in [0.2, 0.25) is 0 Å². The van der Waals surface area contributed by atoms with Gasteiger partial charge >= 0.3 is 0 Å². The third-order valence-corrected chi connectivity index (χ3v) is 18.9. The summed E-state index contributed by atoms with van der Waals surface area (Å²) < 4.78 is 2.63. The molecular formula is C68H68BN3S. The highest BCUT2D eigenvalue weighted by Gasteiger charge is 2.49. The zero-order chi connectivity index (χ0) is 50.7. The third kappa shape index (κ3) is 7.04. The molecular weight excluding hydrogens is 902 g/mol. The first-order chi connectivity index (χ1) is 34.7. The minimum atomic E-state index is -0.146. The fourth-order valence-electron chi connectivity index (χ4n) is 14.0. The molecule has 5 heteroatoms. The Bertz CT molecular complexity index is 3700. The standard InChI is InChI=1S/C68H68BN3S/c1-42-33-50-52(66(7,8)32-31-65(50,5)6)39-56(42)72-58-40-53-51(67(9,10)41-68(53,11)12)38-55(58)69-54-29-27-47(70(44-21-15-13-16-22-44)45-23-17-14-18-24-45)37-57(54)71(59-34-43(64(2,3)4)35-60(72)63(59)69)46-28-30-62-49(36-46)48-25-19-20-26-61(48)73-62/h13-30,33-40H,31-32,41H2,1-12H3. The number of para-hydroxylation sites is 2. The Hall–Kier alpha value is -6.56. The molecule has 9 aromatic rings. The number of thiophene rings is 1. The van der Waals surface area contributed by atoms with E-state index >= 15 is 0 Å². The van der Waals surface area contributed by atoms with Gasteiger partial charge in [-0.25, -0.2) is 0 Å². The summed E-state index contributed by atoms with van der Waals surface area (Å²) in [5.41, 5.74) is 23.8. The summed E-state index contributed by atoms with van der Waals surface area (Å²) in [4.78, 5) is 7.82. The summed E-state index contributed by atoms with van der Waals surface area (Å²) in [6.45, 7) is 29.4. The van der Waals surface area contributed by atoms with Crippen molar-refractivity contribution in [2.75, 3.05) is 14.7 Å². The number of hydrogen-bond acceptors (Lipinski definition) is 4. The lowest BCUT2D eigenvalue weighted by Gasteiger charge is -2.47. The van der Waals surface area contributed by atoms with Crippen molar-refractivity contribution in [1.82, 2.24) is 0 Å². The minimum absolute atomic E-state index is 0.0173. The summed E-state index contributed by atoms with van der Waals surface area (Å²) in [5.74, 6) is 0. The number of hydrogen-bond donors (Lipinski definition) is 0. The van der Waals surface area contributed by atoms with Crippen LogP contribution in [-0.2, 0) is 27.1 Å². The Morgan fingerprint density at radius 1 is 0.466 bits per heavy atom. The molecule has 0 fully saturated rings. The van der Waals surface area contributed by atoms with Crippen LogP contribution >= 0.6 is 11.3 Å². The van der Waals surface area contributed by atoms with E-state index in [9.17, 15) is 0 Å². The maximum absolute atomic E-state index is 2.74. The van der Waals surface area contributed by atoms with Gasteiger partial charge in [0.1, 0.15) is 0 Å². The first kappa shape index (κ1) is 46.2. The predicted octanol–water partition coefficient (Wildman–Crippen LogP) is 17.5. The van der Waals surface area contributed by atoms with Crippen molar-refractivity contribution >= 4 is 106 Å². The molecule has 73 heavy (non-hydrogen) atoms. The molecule has 2 aliphatic heterocycles. The third-order valence-electron chi connectivity index (χ3n) is 17.7. The molecule has 0 saturated heterocycles. The van der Waals surface area contributed by atoms with Gasteiger partial charge in [0.25, 0.3) is 6.71 Å². The maximum Gasteiger partial charge on any atom is 0.252 e. The van der Waals surface area contributed by atoms with Crippen LogP contribution in [-0.4, -0.2) is 6.71 Å². The lowest BCUT2D eigenvalue weighted by Crippen LogP contribution is -2.61. The smallest absolute Gasteiger partial charge is 0.252 e. The molecule has 0 N–H and O–H groups in total. The van der Waals surface area contributed by atoms with E-state index in [0.717, 1.165) is 23.5 Å². The number of aryl methyl sites for hydroxylation is 1. The first-order valence-electron chi connectivity index (χ1n) is 26.8. The second-order valence-electron chi connectivity index (χ2n) is 25.7. The molecule has 0 saturated carbocycles. The zero-order valence-electron chi connectivity index (χ0n) is 45.0. The van der Waals surface area contributed by atoms with Crippen molar-refractivity contribution in [3.8, 4) is 0 Å². The molecule has 3 heterocycles. The van der Waals surface area contributed by atoms with Gasteiger partial charge in [-0.3, -0.25) is 0 Å². The molecule has 4 aliphatic rings. The average Bonchev–Trinajstić information content (AvgIpc) is 3.82. The highest BCUT2D eigenvalue weighted by molar-refractivity contribution is 7.25. The van der Waals surface area contributed by atoms with Crippen LogP contribution < -0.4 is 31.1 Å². The monoisotopic (exact) mass is 970 g/mol. The van der Waals surface area contributed by atoms with Crippen LogP contribution in [0.1, 0.15) is 129 Å². The number of benzene rings is 8. The highest BCUT2D eigenvalue weighted by atomic mass is 32.1. The Morgan fingerprint density at radius 2 is 1.01 bits per heavy atom. The highest BCUT2D eigenvalue weighted by Crippen LogP contribution is 2.55. The second kappa shape index (κ2) is 15.7. The van der Waals surface area contributed by atoms with Crippen LogP contribution in [0, 0.1) is 6.92 Å². The SMILES string of the molecule is Cc1cc2c(cc1N1c3cc4c(cc3B3c5ccc(N(c6ccccc6)c6ccccc6)cc5N(c5ccc6sc7ccccc7c6c5)c5cc(C(C)(C)C)cc1c53)C(C)(C)CC4(C)C)C(C)(C)CCC2(C)C. The molecule has 0 atom stereocenters. The topological polar surface area (TPSA) is 9.72 Å². The van der Waals surface area contributed by atoms with Crippen molar-refractivity contribution in [3.63, 3.8) is 0 Å². The minimum Gasteiger partial charge on any atom is -0.311 e. The Morgan fingerprint density at radius 3 is 1.67 bits per heavy atom. The molecule has 0 unspecified atom stereocenters. The number of nitrogens with zero attached hydrogens (tertiary/aromatic N) is 3. The van der Waals surface area contributed by atoms with Crippen molar-refractivity contribution in [3.05, 3.63) is 191 Å². The van der Waals surface area contributed by atoms with E-state index in [1.807, 2.05) is 11.3 Å². The second-order valence-corrected chi connectivity index (χ2v) is 26.7. The lowest BCUT2D eigenvalue weighted by molar-refractivity contribution is 0.332. The Balaban J connectivity index is 1.16. The van der Waals surface area contributed by atoms with Crippen LogP contribution in [0.3, 0.4) is 0 Å². The quantitative estimate of drug-likeness (QED) is 0.159. The van der Waals surface area contributed by atoms with Gasteiger partial charge in [-0.2, -0.15) is 0 Å². The fraction of sp³-hybridized carbons (Fsp3) is 0.294. The number of anilines is 9. The van der Waals surface area contributed by atoms with E-state index in [-0.39, 0.29) is 33.8 Å². The first-order valence-corrected chi connectivity index (χ1v) is 27.6. The zero-order valence-corrected chi connectivity index (χ0v) is 45.8. The summed E-state index contributed by atoms with van der Waals surface area (Å²) in [6, 6.07) is 61.0. The Labute approximate surface area is 438 Å². The van der Waals surface area contributed by atoms with E-state index in [2.05, 4.69) is 256 Å². The van der Waals surface area contributed by atoms with Crippen LogP contribution in [0.25, 0.3) is 20.2 Å². The van der Waals surface area contributed by atoms with Crippen LogP contribution in [0.4, 0.5) is 51.2 Å². The number of rotatable bonds is 5. The Kier molecular flexibility index (Phi) is 9.97. The van der Waals surface area contributed by atoms with E-state index in [1.165, 1.54) is 117 Å². The summed E-state index contributed by atoms with van der Waals surface area (Å²) in [6.07, 6.45) is 3.47. The van der Waals surface area contributed by atoms with E-state index in [4.69, 9.17) is 0 Å². The molecule has 2 aliphatic carbocycles. The normalized spacial score (nSPS) is 17.5. The van der Waals surface area contributed by atoms with E-state index in [0.29, 0.717) is 0 Å². The van der Waals surface area contributed by atoms with Gasteiger partial charge in [-0.15, -0.1) is 11.3 Å². The van der Waals surface area contributed by atoms with Gasteiger partial charge in [-0.05, 0) is 188 Å². The van der Waals surface area contributed by atoms with Crippen molar-refractivity contribution in [2.24, 2.45) is 0 Å². The average molecular weight is 970 g/mol. The van der Waals surface area contributed by atoms with Crippen LogP contribution in [0.2, 0.25) is 0 Å². The molecule has 3 nitrogen and oxygen atoms in total. The molecule has 8 aromatic carbocycles. The maximum atomic E-state index is 2.74. The molecule has 364 valence electrons. The van der Waals surface area contributed by atoms with Gasteiger partial charge in [-0.1, -0.05) is 149 Å². The van der Waals surface area contributed by atoms with Gasteiger partial charge < -0.3 is 14.7 Å². The van der Waals surface area contributed by atoms with Crippen molar-refractivity contribution in [1.29, 1.82) is 0 Å². The van der Waals surface area contributed by atoms with Gasteiger partial charge in [0.15, 0.2) is 0 Å². The molecule has 0 amide bonds. The van der Waals surface area contributed by atoms with Gasteiger partial charge in [0.05, 0.1) is 0 Å². The predicted molar refractivity (Wildman–Crippen MR) is 317 cm³/mol. The van der Waals surface area contributed by atoms with Crippen LogP contribution in [0.15, 0.2) is 158 Å². The lowest BCUT2D eigenvalue weighted by atomic mass is 9.33. The largest absolute Gasteiger partial charge is 0.311 e. The molecule has 0 radical (unpaired) electrons. The summed E-state index contributed by atoms with van der Waals surface area (Å²) in [5, 5.41) is 2.61. The van der Waals surface area contributed by atoms with Crippen molar-refractivity contribution < 1.29 is 0 Å². The van der Waals surface area contributed by atoms with Crippen molar-refractivity contribution in [2.45, 2.75) is 129 Å². The van der Waals surface area contributed by atoms with E-state index in [1.54, 1.807) is 0 Å². The molecule has 0 spiro atoms. The van der Waals surface area contributed by atoms with Gasteiger partial charge in [0, 0.05) is 71.4 Å². The molecule has 0 bridgehead atoms. The molecule has 13 rings (SSSR count). The summed E-state index contributed by atoms with van der Waals surface area (Å²) >= 11 is 1.89. The fourth-order valence-corrected chi connectivity index (χ4v) is 15.0.